The van der Waals surface area contributed by atoms with Crippen LogP contribution in [0.5, 0.6) is 0 Å². The molecule has 0 spiro atoms. The molecule has 1 aliphatic heterocycles. The number of hydrogen-bond donors (Lipinski definition) is 1. The third-order valence-corrected chi connectivity index (χ3v) is 6.34. The van der Waals surface area contributed by atoms with E-state index in [1.165, 1.54) is 0 Å². The van der Waals surface area contributed by atoms with Gasteiger partial charge in [0.05, 0.1) is 17.4 Å². The molecule has 3 aromatic rings. The van der Waals surface area contributed by atoms with E-state index in [0.29, 0.717) is 18.5 Å². The fraction of sp³-hybridized carbons (Fsp3) is 0.278. The number of anilines is 1. The van der Waals surface area contributed by atoms with Gasteiger partial charge in [0.2, 0.25) is 5.91 Å². The smallest absolute Gasteiger partial charge is 0.228 e. The van der Waals surface area contributed by atoms with Gasteiger partial charge in [-0.05, 0) is 36.2 Å². The van der Waals surface area contributed by atoms with E-state index in [2.05, 4.69) is 15.5 Å². The summed E-state index contributed by atoms with van der Waals surface area (Å²) >= 11 is 0. The Hall–Kier alpha value is -2.74. The number of fused-ring (bicyclic) bond motifs is 1. The molecule has 7 nitrogen and oxygen atoms in total. The van der Waals surface area contributed by atoms with Crippen molar-refractivity contribution in [2.24, 2.45) is 5.92 Å². The Morgan fingerprint density at radius 3 is 2.69 bits per heavy atom. The van der Waals surface area contributed by atoms with Crippen LogP contribution in [0.1, 0.15) is 17.8 Å². The molecule has 0 bridgehead atoms. The van der Waals surface area contributed by atoms with Crippen LogP contribution in [0.3, 0.4) is 0 Å². The van der Waals surface area contributed by atoms with E-state index in [1.54, 1.807) is 0 Å². The van der Waals surface area contributed by atoms with E-state index in [1.807, 2.05) is 53.1 Å². The van der Waals surface area contributed by atoms with Crippen LogP contribution >= 0.6 is 0 Å². The number of benzene rings is 1. The summed E-state index contributed by atoms with van der Waals surface area (Å²) in [6.45, 7) is 0. The maximum atomic E-state index is 12.2. The molecule has 0 saturated carbocycles. The molecule has 0 unspecified atom stereocenters. The molecule has 134 valence electrons. The summed E-state index contributed by atoms with van der Waals surface area (Å²) in [6.07, 6.45) is 2.95. The summed E-state index contributed by atoms with van der Waals surface area (Å²) in [5.74, 6) is 0.186. The minimum absolute atomic E-state index is 0.0587. The van der Waals surface area contributed by atoms with Crippen LogP contribution in [0.2, 0.25) is 0 Å². The Labute approximate surface area is 151 Å². The van der Waals surface area contributed by atoms with Gasteiger partial charge in [-0.15, -0.1) is 10.2 Å². The SMILES string of the molecule is O=C(Nc1ccc(Cc2nnc3ccccn23)cc1)[C@H]1CCS(=O)(=O)C1. The molecule has 1 N–H and O–H groups in total. The lowest BCUT2D eigenvalue weighted by Gasteiger charge is -2.10. The summed E-state index contributed by atoms with van der Waals surface area (Å²) in [7, 11) is -3.06. The van der Waals surface area contributed by atoms with Gasteiger partial charge in [0.1, 0.15) is 5.82 Å². The minimum Gasteiger partial charge on any atom is -0.326 e. The van der Waals surface area contributed by atoms with Gasteiger partial charge in [0.25, 0.3) is 0 Å². The van der Waals surface area contributed by atoms with Crippen LogP contribution in [0, 0.1) is 5.92 Å². The molecule has 1 atom stereocenters. The zero-order valence-corrected chi connectivity index (χ0v) is 14.8. The zero-order chi connectivity index (χ0) is 18.1. The van der Waals surface area contributed by atoms with Gasteiger partial charge >= 0.3 is 0 Å². The highest BCUT2D eigenvalue weighted by Crippen LogP contribution is 2.21. The number of hydrogen-bond acceptors (Lipinski definition) is 5. The molecule has 2 aromatic heterocycles. The van der Waals surface area contributed by atoms with E-state index in [0.717, 1.165) is 17.0 Å². The van der Waals surface area contributed by atoms with Crippen LogP contribution in [-0.2, 0) is 21.1 Å². The number of nitrogens with zero attached hydrogens (tertiary/aromatic N) is 3. The van der Waals surface area contributed by atoms with Crippen LogP contribution in [0.4, 0.5) is 5.69 Å². The highest BCUT2D eigenvalue weighted by atomic mass is 32.2. The highest BCUT2D eigenvalue weighted by molar-refractivity contribution is 7.91. The molecule has 1 aromatic carbocycles. The van der Waals surface area contributed by atoms with E-state index in [9.17, 15) is 13.2 Å². The first kappa shape index (κ1) is 16.7. The highest BCUT2D eigenvalue weighted by Gasteiger charge is 2.32. The van der Waals surface area contributed by atoms with Crippen LogP contribution in [-0.4, -0.2) is 40.4 Å². The second-order valence-corrected chi connectivity index (χ2v) is 8.74. The third-order valence-electron chi connectivity index (χ3n) is 4.57. The van der Waals surface area contributed by atoms with Gasteiger partial charge in [-0.1, -0.05) is 18.2 Å². The Morgan fingerprint density at radius 1 is 1.15 bits per heavy atom. The van der Waals surface area contributed by atoms with Gasteiger partial charge in [0, 0.05) is 18.3 Å². The number of nitrogens with one attached hydrogen (secondary N) is 1. The van der Waals surface area contributed by atoms with Crippen molar-refractivity contribution in [2.45, 2.75) is 12.8 Å². The van der Waals surface area contributed by atoms with Crippen molar-refractivity contribution >= 4 is 27.1 Å². The first-order chi connectivity index (χ1) is 12.5. The topological polar surface area (TPSA) is 93.4 Å². The molecule has 1 amide bonds. The molecule has 1 saturated heterocycles. The lowest BCUT2D eigenvalue weighted by Crippen LogP contribution is -2.23. The quantitative estimate of drug-likeness (QED) is 0.754. The minimum atomic E-state index is -3.06. The normalized spacial score (nSPS) is 18.8. The second kappa shape index (κ2) is 6.53. The molecular formula is C18H18N4O3S. The average molecular weight is 370 g/mol. The number of rotatable bonds is 4. The Morgan fingerprint density at radius 2 is 1.96 bits per heavy atom. The van der Waals surface area contributed by atoms with Gasteiger partial charge < -0.3 is 5.32 Å². The van der Waals surface area contributed by atoms with Crippen molar-refractivity contribution in [2.75, 3.05) is 16.8 Å². The maximum Gasteiger partial charge on any atom is 0.228 e. The van der Waals surface area contributed by atoms with E-state index >= 15 is 0 Å². The molecular weight excluding hydrogens is 352 g/mol. The lowest BCUT2D eigenvalue weighted by molar-refractivity contribution is -0.119. The summed E-state index contributed by atoms with van der Waals surface area (Å²) < 4.78 is 24.9. The van der Waals surface area contributed by atoms with Gasteiger partial charge in [0.15, 0.2) is 15.5 Å². The van der Waals surface area contributed by atoms with Crippen LogP contribution in [0.15, 0.2) is 48.7 Å². The Balaban J connectivity index is 1.43. The molecule has 3 heterocycles. The maximum absolute atomic E-state index is 12.2. The van der Waals surface area contributed by atoms with Crippen molar-refractivity contribution in [3.63, 3.8) is 0 Å². The summed E-state index contributed by atoms with van der Waals surface area (Å²) in [5.41, 5.74) is 2.51. The monoisotopic (exact) mass is 370 g/mol. The van der Waals surface area contributed by atoms with Gasteiger partial charge in [-0.3, -0.25) is 9.20 Å². The first-order valence-corrected chi connectivity index (χ1v) is 10.2. The molecule has 4 rings (SSSR count). The van der Waals surface area contributed by atoms with Gasteiger partial charge in [-0.2, -0.15) is 0 Å². The average Bonchev–Trinajstić information content (AvgIpc) is 3.20. The summed E-state index contributed by atoms with van der Waals surface area (Å²) in [6, 6.07) is 13.2. The van der Waals surface area contributed by atoms with Crippen molar-refractivity contribution < 1.29 is 13.2 Å². The van der Waals surface area contributed by atoms with E-state index < -0.39 is 15.8 Å². The van der Waals surface area contributed by atoms with Crippen molar-refractivity contribution in [3.05, 3.63) is 60.0 Å². The predicted octanol–water partition coefficient (Wildman–Crippen LogP) is 1.69. The number of pyridine rings is 1. The zero-order valence-electron chi connectivity index (χ0n) is 14.0. The Kier molecular flexibility index (Phi) is 4.20. The van der Waals surface area contributed by atoms with Crippen molar-refractivity contribution in [1.82, 2.24) is 14.6 Å². The van der Waals surface area contributed by atoms with Gasteiger partial charge in [-0.25, -0.2) is 8.42 Å². The fourth-order valence-corrected chi connectivity index (χ4v) is 4.89. The van der Waals surface area contributed by atoms with Crippen molar-refractivity contribution in [3.8, 4) is 0 Å². The first-order valence-electron chi connectivity index (χ1n) is 8.39. The largest absolute Gasteiger partial charge is 0.326 e. The van der Waals surface area contributed by atoms with E-state index in [4.69, 9.17) is 0 Å². The molecule has 1 fully saturated rings. The molecule has 0 radical (unpaired) electrons. The van der Waals surface area contributed by atoms with Crippen LogP contribution < -0.4 is 5.32 Å². The number of amides is 1. The van der Waals surface area contributed by atoms with Crippen LogP contribution in [0.25, 0.3) is 5.65 Å². The predicted molar refractivity (Wildman–Crippen MR) is 97.6 cm³/mol. The summed E-state index contributed by atoms with van der Waals surface area (Å²) in [4.78, 5) is 12.2. The Bertz CT molecular complexity index is 1060. The number of sulfone groups is 1. The number of carbonyl (C=O) groups is 1. The third kappa shape index (κ3) is 3.45. The standard InChI is InChI=1S/C18H18N4O3S/c23-18(14-8-10-26(24,25)12-14)19-15-6-4-13(5-7-15)11-17-21-20-16-3-1-2-9-22(16)17/h1-7,9,14H,8,10-12H2,(H,19,23)/t14-/m0/s1. The molecule has 8 heteroatoms. The number of aromatic nitrogens is 3. The molecule has 1 aliphatic rings. The fourth-order valence-electron chi connectivity index (χ4n) is 3.15. The molecule has 0 aliphatic carbocycles. The molecule has 26 heavy (non-hydrogen) atoms. The summed E-state index contributed by atoms with van der Waals surface area (Å²) in [5, 5.41) is 11.1. The van der Waals surface area contributed by atoms with E-state index in [-0.39, 0.29) is 17.4 Å². The second-order valence-electron chi connectivity index (χ2n) is 6.51. The number of carbonyl (C=O) groups excluding carboxylic acids is 1. The lowest BCUT2D eigenvalue weighted by atomic mass is 10.1. The van der Waals surface area contributed by atoms with Crippen molar-refractivity contribution in [1.29, 1.82) is 0 Å².